The van der Waals surface area contributed by atoms with Crippen LogP contribution in [-0.2, 0) is 4.84 Å². The quantitative estimate of drug-likeness (QED) is 0.829. The fraction of sp³-hybridized carbons (Fsp3) is 0.571. The molecule has 5 heteroatoms. The number of ether oxygens (including phenoxy) is 2. The van der Waals surface area contributed by atoms with Crippen molar-refractivity contribution >= 4 is 11.6 Å². The zero-order valence-electron chi connectivity index (χ0n) is 11.2. The second kappa shape index (κ2) is 7.58. The molecule has 2 rings (SSSR count). The van der Waals surface area contributed by atoms with Crippen LogP contribution in [-0.4, -0.2) is 31.6 Å². The van der Waals surface area contributed by atoms with Crippen LogP contribution in [0.1, 0.15) is 26.2 Å². The Bertz CT molecular complexity index is 392. The summed E-state index contributed by atoms with van der Waals surface area (Å²) in [5, 5.41) is 2.50. The predicted octanol–water partition coefficient (Wildman–Crippen LogP) is 3.49. The van der Waals surface area contributed by atoms with E-state index in [0.29, 0.717) is 29.9 Å². The van der Waals surface area contributed by atoms with E-state index in [1.807, 2.05) is 18.1 Å². The van der Waals surface area contributed by atoms with E-state index in [1.54, 1.807) is 12.1 Å². The summed E-state index contributed by atoms with van der Waals surface area (Å²) >= 11 is 5.95. The van der Waals surface area contributed by atoms with Gasteiger partial charge in [-0.3, -0.25) is 4.84 Å². The number of benzene rings is 1. The number of hydrogen-bond acceptors (Lipinski definition) is 4. The van der Waals surface area contributed by atoms with Crippen molar-refractivity contribution in [2.45, 2.75) is 26.2 Å². The fourth-order valence-electron chi connectivity index (χ4n) is 1.94. The molecule has 0 saturated carbocycles. The minimum absolute atomic E-state index is 0.404. The fourth-order valence-corrected chi connectivity index (χ4v) is 2.10. The topological polar surface area (TPSA) is 30.9 Å². The normalized spacial score (nSPS) is 16.9. The number of hydrogen-bond donors (Lipinski definition) is 0. The molecular formula is C14H20ClNO3. The SMILES string of the molecule is CCOc1cc(Cl)ccc1OCN1CCCCCO1. The van der Waals surface area contributed by atoms with Crippen molar-refractivity contribution in [1.82, 2.24) is 5.06 Å². The van der Waals surface area contributed by atoms with Crippen LogP contribution in [0.15, 0.2) is 18.2 Å². The van der Waals surface area contributed by atoms with Gasteiger partial charge in [0.1, 0.15) is 0 Å². The Balaban J connectivity index is 1.94. The molecule has 1 fully saturated rings. The molecule has 1 aromatic rings. The van der Waals surface area contributed by atoms with Crippen LogP contribution in [0.5, 0.6) is 11.5 Å². The van der Waals surface area contributed by atoms with E-state index < -0.39 is 0 Å². The number of halogens is 1. The van der Waals surface area contributed by atoms with Gasteiger partial charge >= 0.3 is 0 Å². The molecule has 0 unspecified atom stereocenters. The van der Waals surface area contributed by atoms with E-state index in [2.05, 4.69) is 0 Å². The molecule has 1 aliphatic rings. The summed E-state index contributed by atoms with van der Waals surface area (Å²) in [5.41, 5.74) is 0. The molecule has 0 aromatic heterocycles. The molecule has 0 N–H and O–H groups in total. The largest absolute Gasteiger partial charge is 0.490 e. The minimum Gasteiger partial charge on any atom is -0.490 e. The summed E-state index contributed by atoms with van der Waals surface area (Å²) in [6.45, 7) is 4.58. The first-order valence-electron chi connectivity index (χ1n) is 6.72. The maximum absolute atomic E-state index is 5.95. The van der Waals surface area contributed by atoms with Crippen molar-refractivity contribution in [2.24, 2.45) is 0 Å². The van der Waals surface area contributed by atoms with Crippen molar-refractivity contribution in [3.63, 3.8) is 0 Å². The van der Waals surface area contributed by atoms with E-state index in [4.69, 9.17) is 25.9 Å². The van der Waals surface area contributed by atoms with Gasteiger partial charge in [0.25, 0.3) is 0 Å². The third-order valence-corrected chi connectivity index (χ3v) is 3.13. The second-order valence-corrected chi connectivity index (χ2v) is 4.83. The second-order valence-electron chi connectivity index (χ2n) is 4.40. The predicted molar refractivity (Wildman–Crippen MR) is 74.6 cm³/mol. The standard InChI is InChI=1S/C14H20ClNO3/c1-2-17-14-10-12(15)6-7-13(14)18-11-16-8-4-3-5-9-19-16/h6-7,10H,2-5,8-9,11H2,1H3. The van der Waals surface area contributed by atoms with Gasteiger partial charge in [-0.25, -0.2) is 0 Å². The summed E-state index contributed by atoms with van der Waals surface area (Å²) in [7, 11) is 0. The van der Waals surface area contributed by atoms with Gasteiger partial charge in [-0.05, 0) is 38.3 Å². The smallest absolute Gasteiger partial charge is 0.164 e. The number of hydroxylamine groups is 2. The summed E-state index contributed by atoms with van der Waals surface area (Å²) in [4.78, 5) is 5.59. The lowest BCUT2D eigenvalue weighted by Gasteiger charge is -2.20. The van der Waals surface area contributed by atoms with Crippen LogP contribution in [0.3, 0.4) is 0 Å². The van der Waals surface area contributed by atoms with Gasteiger partial charge in [-0.15, -0.1) is 0 Å². The van der Waals surface area contributed by atoms with Crippen molar-refractivity contribution in [3.05, 3.63) is 23.2 Å². The Morgan fingerprint density at radius 3 is 2.95 bits per heavy atom. The Morgan fingerprint density at radius 1 is 1.21 bits per heavy atom. The van der Waals surface area contributed by atoms with Gasteiger partial charge in [0.15, 0.2) is 18.2 Å². The lowest BCUT2D eigenvalue weighted by Crippen LogP contribution is -2.28. The summed E-state index contributed by atoms with van der Waals surface area (Å²) in [6.07, 6.45) is 3.46. The van der Waals surface area contributed by atoms with E-state index in [0.717, 1.165) is 26.0 Å². The van der Waals surface area contributed by atoms with E-state index in [-0.39, 0.29) is 0 Å². The summed E-state index contributed by atoms with van der Waals surface area (Å²) in [6, 6.07) is 5.39. The maximum Gasteiger partial charge on any atom is 0.164 e. The Kier molecular flexibility index (Phi) is 5.76. The van der Waals surface area contributed by atoms with Crippen LogP contribution in [0.25, 0.3) is 0 Å². The summed E-state index contributed by atoms with van der Waals surface area (Å²) in [5.74, 6) is 1.36. The van der Waals surface area contributed by atoms with Crippen molar-refractivity contribution < 1.29 is 14.3 Å². The molecule has 1 aromatic carbocycles. The molecule has 106 valence electrons. The van der Waals surface area contributed by atoms with Gasteiger partial charge in [-0.1, -0.05) is 11.6 Å². The highest BCUT2D eigenvalue weighted by Crippen LogP contribution is 2.30. The number of rotatable bonds is 5. The van der Waals surface area contributed by atoms with Gasteiger partial charge in [0.05, 0.1) is 13.2 Å². The highest BCUT2D eigenvalue weighted by Gasteiger charge is 2.12. The number of nitrogens with zero attached hydrogens (tertiary/aromatic N) is 1. The third kappa shape index (κ3) is 4.56. The molecule has 4 nitrogen and oxygen atoms in total. The highest BCUT2D eigenvalue weighted by molar-refractivity contribution is 6.30. The van der Waals surface area contributed by atoms with Gasteiger partial charge < -0.3 is 9.47 Å². The molecule has 0 atom stereocenters. The first-order chi connectivity index (χ1) is 9.29. The lowest BCUT2D eigenvalue weighted by molar-refractivity contribution is -0.183. The average Bonchev–Trinajstić information content (AvgIpc) is 2.67. The van der Waals surface area contributed by atoms with Gasteiger partial charge in [0, 0.05) is 17.6 Å². The molecular weight excluding hydrogens is 266 g/mol. The first-order valence-corrected chi connectivity index (χ1v) is 7.10. The maximum atomic E-state index is 5.95. The Labute approximate surface area is 119 Å². The lowest BCUT2D eigenvalue weighted by atomic mass is 10.2. The Morgan fingerprint density at radius 2 is 2.11 bits per heavy atom. The zero-order valence-corrected chi connectivity index (χ0v) is 12.0. The first kappa shape index (κ1) is 14.4. The highest BCUT2D eigenvalue weighted by atomic mass is 35.5. The molecule has 1 heterocycles. The Hall–Kier alpha value is -0.970. The van der Waals surface area contributed by atoms with E-state index in [9.17, 15) is 0 Å². The monoisotopic (exact) mass is 285 g/mol. The van der Waals surface area contributed by atoms with Gasteiger partial charge in [-0.2, -0.15) is 5.06 Å². The molecule has 0 bridgehead atoms. The van der Waals surface area contributed by atoms with Crippen LogP contribution >= 0.6 is 11.6 Å². The third-order valence-electron chi connectivity index (χ3n) is 2.90. The van der Waals surface area contributed by atoms with Crippen molar-refractivity contribution in [2.75, 3.05) is 26.5 Å². The average molecular weight is 286 g/mol. The van der Waals surface area contributed by atoms with Crippen molar-refractivity contribution in [3.8, 4) is 11.5 Å². The minimum atomic E-state index is 0.404. The summed E-state index contributed by atoms with van der Waals surface area (Å²) < 4.78 is 11.3. The van der Waals surface area contributed by atoms with E-state index in [1.165, 1.54) is 6.42 Å². The molecule has 19 heavy (non-hydrogen) atoms. The van der Waals surface area contributed by atoms with Crippen LogP contribution in [0.4, 0.5) is 0 Å². The van der Waals surface area contributed by atoms with Crippen LogP contribution in [0.2, 0.25) is 5.02 Å². The molecule has 0 aliphatic carbocycles. The van der Waals surface area contributed by atoms with Crippen LogP contribution < -0.4 is 9.47 Å². The molecule has 0 radical (unpaired) electrons. The molecule has 0 amide bonds. The van der Waals surface area contributed by atoms with Crippen LogP contribution in [0, 0.1) is 0 Å². The molecule has 1 saturated heterocycles. The van der Waals surface area contributed by atoms with Crippen molar-refractivity contribution in [1.29, 1.82) is 0 Å². The zero-order chi connectivity index (χ0) is 13.5. The molecule has 0 spiro atoms. The molecule has 1 aliphatic heterocycles. The van der Waals surface area contributed by atoms with Gasteiger partial charge in [0.2, 0.25) is 0 Å². The van der Waals surface area contributed by atoms with E-state index >= 15 is 0 Å².